The first kappa shape index (κ1) is 11.1. The molecule has 4 nitrogen and oxygen atoms in total. The van der Waals surface area contributed by atoms with E-state index in [0.29, 0.717) is 6.61 Å². The van der Waals surface area contributed by atoms with Crippen LogP contribution < -0.4 is 9.47 Å². The first-order chi connectivity index (χ1) is 8.78. The van der Waals surface area contributed by atoms with Gasteiger partial charge in [-0.05, 0) is 48.6 Å². The number of benzene rings is 1. The van der Waals surface area contributed by atoms with Crippen molar-refractivity contribution in [2.24, 2.45) is 0 Å². The predicted molar refractivity (Wildman–Crippen MR) is 65.5 cm³/mol. The van der Waals surface area contributed by atoms with E-state index in [0.717, 1.165) is 35.5 Å². The van der Waals surface area contributed by atoms with Crippen molar-refractivity contribution in [2.75, 3.05) is 13.4 Å². The van der Waals surface area contributed by atoms with Gasteiger partial charge in [-0.2, -0.15) is 0 Å². The summed E-state index contributed by atoms with van der Waals surface area (Å²) in [6.45, 7) is 2.48. The predicted octanol–water partition coefficient (Wildman–Crippen LogP) is 2.31. The Labute approximate surface area is 105 Å². The normalized spacial score (nSPS) is 17.9. The maximum absolute atomic E-state index is 11.5. The Morgan fingerprint density at radius 1 is 1.33 bits per heavy atom. The number of esters is 1. The monoisotopic (exact) mass is 246 g/mol. The molecule has 0 amide bonds. The van der Waals surface area contributed by atoms with Gasteiger partial charge in [0.1, 0.15) is 0 Å². The van der Waals surface area contributed by atoms with E-state index < -0.39 is 0 Å². The molecule has 94 valence electrons. The fourth-order valence-corrected chi connectivity index (χ4v) is 2.37. The van der Waals surface area contributed by atoms with Gasteiger partial charge in [0.15, 0.2) is 11.5 Å². The van der Waals surface area contributed by atoms with Gasteiger partial charge < -0.3 is 14.2 Å². The van der Waals surface area contributed by atoms with E-state index in [9.17, 15) is 4.79 Å². The summed E-state index contributed by atoms with van der Waals surface area (Å²) in [5.41, 5.74) is 3.30. The third kappa shape index (κ3) is 1.83. The molecule has 0 aromatic heterocycles. The Morgan fingerprint density at radius 2 is 2.11 bits per heavy atom. The van der Waals surface area contributed by atoms with E-state index in [2.05, 4.69) is 0 Å². The second kappa shape index (κ2) is 4.37. The third-order valence-electron chi connectivity index (χ3n) is 3.19. The van der Waals surface area contributed by atoms with Crippen molar-refractivity contribution in [1.29, 1.82) is 0 Å². The fourth-order valence-electron chi connectivity index (χ4n) is 2.37. The molecule has 0 radical (unpaired) electrons. The van der Waals surface area contributed by atoms with Gasteiger partial charge in [-0.25, -0.2) is 4.79 Å². The topological polar surface area (TPSA) is 44.8 Å². The van der Waals surface area contributed by atoms with Crippen LogP contribution in [0.5, 0.6) is 11.5 Å². The van der Waals surface area contributed by atoms with E-state index in [1.54, 1.807) is 13.0 Å². The highest BCUT2D eigenvalue weighted by Gasteiger charge is 2.23. The highest BCUT2D eigenvalue weighted by molar-refractivity contribution is 5.93. The van der Waals surface area contributed by atoms with Gasteiger partial charge in [-0.1, -0.05) is 0 Å². The zero-order valence-electron chi connectivity index (χ0n) is 10.2. The summed E-state index contributed by atoms with van der Waals surface area (Å²) < 4.78 is 15.6. The van der Waals surface area contributed by atoms with Gasteiger partial charge in [-0.3, -0.25) is 0 Å². The molecular weight excluding hydrogens is 232 g/mol. The van der Waals surface area contributed by atoms with E-state index in [1.807, 2.05) is 12.1 Å². The highest BCUT2D eigenvalue weighted by Crippen LogP contribution is 2.41. The number of rotatable bonds is 2. The van der Waals surface area contributed by atoms with Crippen molar-refractivity contribution in [1.82, 2.24) is 0 Å². The Hall–Kier alpha value is -1.97. The van der Waals surface area contributed by atoms with Crippen LogP contribution in [0.3, 0.4) is 0 Å². The Balaban J connectivity index is 1.94. The van der Waals surface area contributed by atoms with Gasteiger partial charge in [-0.15, -0.1) is 0 Å². The van der Waals surface area contributed by atoms with Gasteiger partial charge >= 0.3 is 5.97 Å². The first-order valence-corrected chi connectivity index (χ1v) is 6.08. The molecule has 1 aliphatic carbocycles. The smallest absolute Gasteiger partial charge is 0.331 e. The summed E-state index contributed by atoms with van der Waals surface area (Å²) in [6, 6.07) is 3.96. The number of fused-ring (bicyclic) bond motifs is 2. The van der Waals surface area contributed by atoms with Crippen LogP contribution in [0.2, 0.25) is 0 Å². The number of hydrogen-bond donors (Lipinski definition) is 0. The number of carbonyl (C=O) groups is 1. The van der Waals surface area contributed by atoms with E-state index in [1.165, 1.54) is 5.56 Å². The number of carbonyl (C=O) groups excluding carboxylic acids is 1. The summed E-state index contributed by atoms with van der Waals surface area (Å²) in [7, 11) is 0. The molecule has 1 heterocycles. The van der Waals surface area contributed by atoms with Crippen LogP contribution in [0.15, 0.2) is 18.2 Å². The second-order valence-electron chi connectivity index (χ2n) is 4.28. The molecule has 3 rings (SSSR count). The lowest BCUT2D eigenvalue weighted by Gasteiger charge is -2.03. The minimum Gasteiger partial charge on any atom is -0.463 e. The summed E-state index contributed by atoms with van der Waals surface area (Å²) in [4.78, 5) is 11.5. The number of ether oxygens (including phenoxy) is 3. The third-order valence-corrected chi connectivity index (χ3v) is 3.19. The molecule has 0 bridgehead atoms. The minimum atomic E-state index is -0.280. The van der Waals surface area contributed by atoms with E-state index in [4.69, 9.17) is 14.2 Å². The lowest BCUT2D eigenvalue weighted by atomic mass is 10.1. The number of hydrogen-bond acceptors (Lipinski definition) is 4. The van der Waals surface area contributed by atoms with Crippen molar-refractivity contribution < 1.29 is 19.0 Å². The molecule has 2 aliphatic rings. The van der Waals surface area contributed by atoms with Gasteiger partial charge in [0.2, 0.25) is 6.79 Å². The molecule has 0 saturated carbocycles. The zero-order chi connectivity index (χ0) is 12.5. The molecule has 18 heavy (non-hydrogen) atoms. The molecular formula is C14H14O4. The molecule has 0 atom stereocenters. The van der Waals surface area contributed by atoms with Crippen molar-refractivity contribution in [2.45, 2.75) is 19.8 Å². The molecule has 4 heteroatoms. The van der Waals surface area contributed by atoms with Crippen LogP contribution in [0, 0.1) is 0 Å². The van der Waals surface area contributed by atoms with Crippen LogP contribution in [-0.2, 0) is 16.0 Å². The minimum absolute atomic E-state index is 0.273. The van der Waals surface area contributed by atoms with Crippen molar-refractivity contribution in [3.05, 3.63) is 29.3 Å². The Bertz CT molecular complexity index is 531. The summed E-state index contributed by atoms with van der Waals surface area (Å²) in [6.07, 6.45) is 3.37. The lowest BCUT2D eigenvalue weighted by molar-refractivity contribution is -0.137. The average Bonchev–Trinajstić information content (AvgIpc) is 2.94. The van der Waals surface area contributed by atoms with Crippen LogP contribution in [0.4, 0.5) is 0 Å². The second-order valence-corrected chi connectivity index (χ2v) is 4.28. The highest BCUT2D eigenvalue weighted by atomic mass is 16.7. The molecule has 0 unspecified atom stereocenters. The zero-order valence-corrected chi connectivity index (χ0v) is 10.2. The molecule has 1 aliphatic heterocycles. The van der Waals surface area contributed by atoms with Crippen LogP contribution in [-0.4, -0.2) is 19.4 Å². The first-order valence-electron chi connectivity index (χ1n) is 6.08. The largest absolute Gasteiger partial charge is 0.463 e. The Morgan fingerprint density at radius 3 is 2.89 bits per heavy atom. The quantitative estimate of drug-likeness (QED) is 0.593. The number of aryl methyl sites for hydroxylation is 1. The summed E-state index contributed by atoms with van der Waals surface area (Å²) in [5, 5.41) is 0. The molecule has 1 aromatic rings. The summed E-state index contributed by atoms with van der Waals surface area (Å²) in [5.74, 6) is 1.27. The standard InChI is InChI=1S/C14H14O4/c1-2-16-14(15)6-10-4-3-9-5-12-13(7-11(9)10)18-8-17-12/h5-7H,2-4,8H2,1H3. The molecule has 0 spiro atoms. The molecule has 0 N–H and O–H groups in total. The van der Waals surface area contributed by atoms with Crippen LogP contribution in [0.25, 0.3) is 5.57 Å². The maximum Gasteiger partial charge on any atom is 0.331 e. The Kier molecular flexibility index (Phi) is 2.70. The van der Waals surface area contributed by atoms with Gasteiger partial charge in [0, 0.05) is 6.08 Å². The maximum atomic E-state index is 11.5. The average molecular weight is 246 g/mol. The lowest BCUT2D eigenvalue weighted by Crippen LogP contribution is -2.00. The van der Waals surface area contributed by atoms with Gasteiger partial charge in [0.05, 0.1) is 6.61 Å². The fraction of sp³-hybridized carbons (Fsp3) is 0.357. The molecule has 0 fully saturated rings. The molecule has 0 saturated heterocycles. The van der Waals surface area contributed by atoms with Gasteiger partial charge in [0.25, 0.3) is 0 Å². The SMILES string of the molecule is CCOC(=O)C=C1CCc2cc3c(cc21)OCO3. The van der Waals surface area contributed by atoms with Crippen LogP contribution in [0.1, 0.15) is 24.5 Å². The van der Waals surface area contributed by atoms with Crippen molar-refractivity contribution in [3.63, 3.8) is 0 Å². The van der Waals surface area contributed by atoms with Crippen molar-refractivity contribution in [3.8, 4) is 11.5 Å². The van der Waals surface area contributed by atoms with Crippen LogP contribution >= 0.6 is 0 Å². The van der Waals surface area contributed by atoms with E-state index in [-0.39, 0.29) is 12.8 Å². The summed E-state index contributed by atoms with van der Waals surface area (Å²) >= 11 is 0. The van der Waals surface area contributed by atoms with E-state index >= 15 is 0 Å². The number of allylic oxidation sites excluding steroid dienone is 1. The van der Waals surface area contributed by atoms with Crippen molar-refractivity contribution >= 4 is 11.5 Å². The molecule has 1 aromatic carbocycles.